The maximum Gasteiger partial charge on any atom is 0.255 e. The molecular formula is C13H7Br2N3O. The van der Waals surface area contributed by atoms with Crippen LogP contribution in [0, 0.1) is 11.3 Å². The van der Waals surface area contributed by atoms with Crippen LogP contribution in [0.3, 0.4) is 0 Å². The number of nitrogens with one attached hydrogen (secondary N) is 1. The van der Waals surface area contributed by atoms with Gasteiger partial charge in [-0.3, -0.25) is 4.79 Å². The van der Waals surface area contributed by atoms with Crippen molar-refractivity contribution in [1.29, 1.82) is 5.26 Å². The first-order chi connectivity index (χ1) is 9.10. The van der Waals surface area contributed by atoms with Crippen LogP contribution in [0.2, 0.25) is 0 Å². The smallest absolute Gasteiger partial charge is 0.255 e. The number of nitrogens with zero attached hydrogens (tertiary/aromatic N) is 2. The van der Waals surface area contributed by atoms with E-state index in [0.717, 1.165) is 0 Å². The van der Waals surface area contributed by atoms with Gasteiger partial charge in [0.2, 0.25) is 0 Å². The van der Waals surface area contributed by atoms with Crippen LogP contribution in [0.1, 0.15) is 15.9 Å². The second-order valence-electron chi connectivity index (χ2n) is 3.63. The number of rotatable bonds is 2. The summed E-state index contributed by atoms with van der Waals surface area (Å²) in [6.07, 6.45) is 1.55. The first kappa shape index (κ1) is 13.7. The molecule has 2 aromatic rings. The van der Waals surface area contributed by atoms with Gasteiger partial charge in [-0.25, -0.2) is 4.98 Å². The van der Waals surface area contributed by atoms with E-state index >= 15 is 0 Å². The van der Waals surface area contributed by atoms with Gasteiger partial charge in [-0.15, -0.1) is 0 Å². The number of hydrogen-bond acceptors (Lipinski definition) is 3. The molecule has 2 rings (SSSR count). The summed E-state index contributed by atoms with van der Waals surface area (Å²) in [5, 5.41) is 11.5. The molecule has 1 amide bonds. The molecular weight excluding hydrogens is 374 g/mol. The van der Waals surface area contributed by atoms with Gasteiger partial charge in [-0.1, -0.05) is 0 Å². The molecule has 4 nitrogen and oxygen atoms in total. The SMILES string of the molecule is N#Cc1ccc(NC(=O)c2ccnc(Br)c2)c(Br)c1. The Morgan fingerprint density at radius 2 is 2.05 bits per heavy atom. The molecule has 1 aromatic heterocycles. The molecule has 0 fully saturated rings. The lowest BCUT2D eigenvalue weighted by Gasteiger charge is -2.07. The topological polar surface area (TPSA) is 65.8 Å². The van der Waals surface area contributed by atoms with Gasteiger partial charge in [-0.05, 0) is 62.2 Å². The molecule has 0 aliphatic heterocycles. The van der Waals surface area contributed by atoms with Crippen LogP contribution in [0.15, 0.2) is 45.6 Å². The van der Waals surface area contributed by atoms with Gasteiger partial charge in [0.15, 0.2) is 0 Å². The van der Waals surface area contributed by atoms with Gasteiger partial charge >= 0.3 is 0 Å². The van der Waals surface area contributed by atoms with Crippen molar-refractivity contribution in [1.82, 2.24) is 4.98 Å². The minimum absolute atomic E-state index is 0.242. The van der Waals surface area contributed by atoms with Crippen LogP contribution in [0.5, 0.6) is 0 Å². The number of nitriles is 1. The maximum absolute atomic E-state index is 12.0. The van der Waals surface area contributed by atoms with Gasteiger partial charge in [0.1, 0.15) is 4.60 Å². The third-order valence-corrected chi connectivity index (χ3v) is 3.42. The zero-order chi connectivity index (χ0) is 13.8. The largest absolute Gasteiger partial charge is 0.321 e. The Kier molecular flexibility index (Phi) is 4.30. The van der Waals surface area contributed by atoms with Crippen molar-refractivity contribution in [2.24, 2.45) is 0 Å². The molecule has 0 atom stereocenters. The highest BCUT2D eigenvalue weighted by Gasteiger charge is 2.09. The summed E-state index contributed by atoms with van der Waals surface area (Å²) >= 11 is 6.53. The van der Waals surface area contributed by atoms with Crippen LogP contribution in [-0.2, 0) is 0 Å². The van der Waals surface area contributed by atoms with E-state index in [2.05, 4.69) is 42.2 Å². The monoisotopic (exact) mass is 379 g/mol. The Morgan fingerprint density at radius 3 is 2.68 bits per heavy atom. The fourth-order valence-corrected chi connectivity index (χ4v) is 2.27. The van der Waals surface area contributed by atoms with Crippen LogP contribution in [0.4, 0.5) is 5.69 Å². The molecule has 0 bridgehead atoms. The van der Waals surface area contributed by atoms with Gasteiger partial charge in [0, 0.05) is 16.2 Å². The zero-order valence-electron chi connectivity index (χ0n) is 9.52. The van der Waals surface area contributed by atoms with Crippen LogP contribution < -0.4 is 5.32 Å². The highest BCUT2D eigenvalue weighted by Crippen LogP contribution is 2.24. The Labute approximate surface area is 126 Å². The minimum Gasteiger partial charge on any atom is -0.321 e. The molecule has 0 spiro atoms. The van der Waals surface area contributed by atoms with Crippen LogP contribution in [-0.4, -0.2) is 10.9 Å². The van der Waals surface area contributed by atoms with E-state index in [9.17, 15) is 4.79 Å². The molecule has 0 aliphatic carbocycles. The van der Waals surface area contributed by atoms with E-state index in [0.29, 0.717) is 25.9 Å². The Morgan fingerprint density at radius 1 is 1.26 bits per heavy atom. The number of carbonyl (C=O) groups excluding carboxylic acids is 1. The van der Waals surface area contributed by atoms with E-state index in [1.165, 1.54) is 0 Å². The predicted molar refractivity (Wildman–Crippen MR) is 78.7 cm³/mol. The van der Waals surface area contributed by atoms with Gasteiger partial charge < -0.3 is 5.32 Å². The highest BCUT2D eigenvalue weighted by atomic mass is 79.9. The first-order valence-corrected chi connectivity index (χ1v) is 6.81. The Balaban J connectivity index is 2.22. The number of pyridine rings is 1. The first-order valence-electron chi connectivity index (χ1n) is 5.22. The van der Waals surface area contributed by atoms with Crippen molar-refractivity contribution in [3.63, 3.8) is 0 Å². The average molecular weight is 381 g/mol. The van der Waals surface area contributed by atoms with Crippen molar-refractivity contribution >= 4 is 43.5 Å². The number of aromatic nitrogens is 1. The maximum atomic E-state index is 12.0. The van der Waals surface area contributed by atoms with Crippen LogP contribution in [0.25, 0.3) is 0 Å². The molecule has 0 unspecified atom stereocenters. The lowest BCUT2D eigenvalue weighted by molar-refractivity contribution is 0.102. The molecule has 0 saturated carbocycles. The fraction of sp³-hybridized carbons (Fsp3) is 0. The summed E-state index contributed by atoms with van der Waals surface area (Å²) in [4.78, 5) is 16.0. The standard InChI is InChI=1S/C13H7Br2N3O/c14-10-5-8(7-16)1-2-11(10)18-13(19)9-3-4-17-12(15)6-9/h1-6H,(H,18,19). The van der Waals surface area contributed by atoms with E-state index in [1.807, 2.05) is 6.07 Å². The molecule has 1 heterocycles. The molecule has 94 valence electrons. The summed E-state index contributed by atoms with van der Waals surface area (Å²) in [6.45, 7) is 0. The van der Waals surface area contributed by atoms with Crippen molar-refractivity contribution < 1.29 is 4.79 Å². The van der Waals surface area contributed by atoms with E-state index in [4.69, 9.17) is 5.26 Å². The van der Waals surface area contributed by atoms with Gasteiger partial charge in [0.05, 0.1) is 17.3 Å². The molecule has 6 heteroatoms. The quantitative estimate of drug-likeness (QED) is 0.807. The Bertz CT molecular complexity index is 680. The molecule has 0 saturated heterocycles. The van der Waals surface area contributed by atoms with Gasteiger partial charge in [-0.2, -0.15) is 5.26 Å². The van der Waals surface area contributed by atoms with Crippen molar-refractivity contribution in [2.45, 2.75) is 0 Å². The summed E-state index contributed by atoms with van der Waals surface area (Å²) in [6, 6.07) is 10.3. The van der Waals surface area contributed by atoms with Crippen molar-refractivity contribution in [2.75, 3.05) is 5.32 Å². The van der Waals surface area contributed by atoms with E-state index in [1.54, 1.807) is 36.5 Å². The minimum atomic E-state index is -0.242. The molecule has 0 aliphatic rings. The number of halogens is 2. The molecule has 1 aromatic carbocycles. The highest BCUT2D eigenvalue weighted by molar-refractivity contribution is 9.10. The number of anilines is 1. The summed E-state index contributed by atoms with van der Waals surface area (Å²) < 4.78 is 1.26. The molecule has 19 heavy (non-hydrogen) atoms. The van der Waals surface area contributed by atoms with E-state index < -0.39 is 0 Å². The number of hydrogen-bond donors (Lipinski definition) is 1. The Hall–Kier alpha value is -1.71. The van der Waals surface area contributed by atoms with E-state index in [-0.39, 0.29) is 5.91 Å². The summed E-state index contributed by atoms with van der Waals surface area (Å²) in [5.74, 6) is -0.242. The van der Waals surface area contributed by atoms with Crippen LogP contribution >= 0.6 is 31.9 Å². The molecule has 1 N–H and O–H groups in total. The average Bonchev–Trinajstić information content (AvgIpc) is 2.41. The summed E-state index contributed by atoms with van der Waals surface area (Å²) in [5.41, 5.74) is 1.63. The van der Waals surface area contributed by atoms with Crippen molar-refractivity contribution in [3.8, 4) is 6.07 Å². The lowest BCUT2D eigenvalue weighted by atomic mass is 10.2. The molecule has 0 radical (unpaired) electrons. The zero-order valence-corrected chi connectivity index (χ0v) is 12.7. The summed E-state index contributed by atoms with van der Waals surface area (Å²) in [7, 11) is 0. The number of amides is 1. The normalized spacial score (nSPS) is 9.74. The lowest BCUT2D eigenvalue weighted by Crippen LogP contribution is -2.12. The predicted octanol–water partition coefficient (Wildman–Crippen LogP) is 3.73. The third kappa shape index (κ3) is 3.40. The second-order valence-corrected chi connectivity index (χ2v) is 5.29. The number of carbonyl (C=O) groups is 1. The second kappa shape index (κ2) is 5.95. The number of benzene rings is 1. The fourth-order valence-electron chi connectivity index (χ4n) is 1.42. The van der Waals surface area contributed by atoms with Gasteiger partial charge in [0.25, 0.3) is 5.91 Å². The third-order valence-electron chi connectivity index (χ3n) is 2.34. The van der Waals surface area contributed by atoms with Crippen molar-refractivity contribution in [3.05, 3.63) is 56.7 Å².